The zero-order valence-electron chi connectivity index (χ0n) is 13.4. The molecule has 0 saturated carbocycles. The number of hydrogen-bond donors (Lipinski definition) is 1. The van der Waals surface area contributed by atoms with Crippen LogP contribution in [-0.4, -0.2) is 44.0 Å². The number of thiazole rings is 1. The number of carbonyl (C=O) groups excluding carboxylic acids is 1. The first-order valence-electron chi connectivity index (χ1n) is 7.96. The van der Waals surface area contributed by atoms with Crippen molar-refractivity contribution in [3.8, 4) is 10.8 Å². The van der Waals surface area contributed by atoms with Crippen LogP contribution >= 0.6 is 23.1 Å². The van der Waals surface area contributed by atoms with Gasteiger partial charge in [0.15, 0.2) is 16.0 Å². The van der Waals surface area contributed by atoms with E-state index in [0.717, 1.165) is 41.1 Å². The molecule has 0 bridgehead atoms. The SMILES string of the molecule is O=C(CC1=CSC2=NCCCN12)NCc1csc(-c2ncccn2)n1. The van der Waals surface area contributed by atoms with Crippen LogP contribution in [0.5, 0.6) is 0 Å². The first-order chi connectivity index (χ1) is 12.3. The van der Waals surface area contributed by atoms with Gasteiger partial charge in [0.2, 0.25) is 5.91 Å². The van der Waals surface area contributed by atoms with Gasteiger partial charge < -0.3 is 10.2 Å². The molecule has 25 heavy (non-hydrogen) atoms. The summed E-state index contributed by atoms with van der Waals surface area (Å²) in [5.74, 6) is 0.597. The second-order valence-corrected chi connectivity index (χ2v) is 7.26. The highest BCUT2D eigenvalue weighted by molar-refractivity contribution is 8.16. The fourth-order valence-corrected chi connectivity index (χ4v) is 4.31. The molecule has 9 heteroatoms. The van der Waals surface area contributed by atoms with Crippen molar-refractivity contribution in [3.05, 3.63) is 40.6 Å². The van der Waals surface area contributed by atoms with E-state index in [0.29, 0.717) is 18.8 Å². The number of amidine groups is 1. The van der Waals surface area contributed by atoms with Crippen LogP contribution in [0.25, 0.3) is 10.8 Å². The maximum absolute atomic E-state index is 12.2. The summed E-state index contributed by atoms with van der Waals surface area (Å²) >= 11 is 3.08. The summed E-state index contributed by atoms with van der Waals surface area (Å²) < 4.78 is 0. The average Bonchev–Trinajstić information content (AvgIpc) is 3.28. The Morgan fingerprint density at radius 2 is 2.20 bits per heavy atom. The van der Waals surface area contributed by atoms with Crippen LogP contribution in [0.15, 0.2) is 39.9 Å². The Morgan fingerprint density at radius 1 is 1.32 bits per heavy atom. The molecule has 0 fully saturated rings. The second-order valence-electron chi connectivity index (χ2n) is 5.57. The molecular formula is C16H16N6OS2. The molecular weight excluding hydrogens is 356 g/mol. The fraction of sp³-hybridized carbons (Fsp3) is 0.312. The van der Waals surface area contributed by atoms with Gasteiger partial charge in [-0.3, -0.25) is 9.79 Å². The predicted octanol–water partition coefficient (Wildman–Crippen LogP) is 2.26. The predicted molar refractivity (Wildman–Crippen MR) is 98.9 cm³/mol. The van der Waals surface area contributed by atoms with Gasteiger partial charge >= 0.3 is 0 Å². The molecule has 0 aliphatic carbocycles. The Balaban J connectivity index is 1.32. The van der Waals surface area contributed by atoms with Gasteiger partial charge in [-0.05, 0) is 17.9 Å². The summed E-state index contributed by atoms with van der Waals surface area (Å²) in [5.41, 5.74) is 1.84. The normalized spacial score (nSPS) is 16.2. The molecule has 1 amide bonds. The third-order valence-electron chi connectivity index (χ3n) is 3.78. The van der Waals surface area contributed by atoms with Crippen LogP contribution in [0.4, 0.5) is 0 Å². The van der Waals surface area contributed by atoms with Gasteiger partial charge in [0, 0.05) is 36.6 Å². The summed E-state index contributed by atoms with van der Waals surface area (Å²) in [7, 11) is 0. The number of nitrogens with zero attached hydrogens (tertiary/aromatic N) is 5. The average molecular weight is 372 g/mol. The largest absolute Gasteiger partial charge is 0.350 e. The van der Waals surface area contributed by atoms with Gasteiger partial charge in [0.05, 0.1) is 18.7 Å². The molecule has 2 aliphatic heterocycles. The topological polar surface area (TPSA) is 83.4 Å². The zero-order valence-corrected chi connectivity index (χ0v) is 15.0. The summed E-state index contributed by atoms with van der Waals surface area (Å²) in [6.07, 6.45) is 4.78. The van der Waals surface area contributed by atoms with Crippen LogP contribution in [0, 0.1) is 0 Å². The molecule has 0 unspecified atom stereocenters. The van der Waals surface area contributed by atoms with E-state index >= 15 is 0 Å². The van der Waals surface area contributed by atoms with Gasteiger partial charge in [-0.15, -0.1) is 11.3 Å². The van der Waals surface area contributed by atoms with Crippen molar-refractivity contribution in [1.29, 1.82) is 0 Å². The van der Waals surface area contributed by atoms with Crippen LogP contribution in [0.2, 0.25) is 0 Å². The number of amides is 1. The van der Waals surface area contributed by atoms with E-state index in [2.05, 4.69) is 30.2 Å². The Bertz CT molecular complexity index is 832. The number of rotatable bonds is 5. The number of thioether (sulfide) groups is 1. The van der Waals surface area contributed by atoms with E-state index in [-0.39, 0.29) is 5.91 Å². The van der Waals surface area contributed by atoms with Gasteiger partial charge in [0.1, 0.15) is 0 Å². The quantitative estimate of drug-likeness (QED) is 0.867. The molecule has 0 radical (unpaired) electrons. The molecule has 1 N–H and O–H groups in total. The van der Waals surface area contributed by atoms with Crippen LogP contribution in [0.1, 0.15) is 18.5 Å². The standard InChI is InChI=1S/C16H16N6OS2/c23-13(7-12-10-25-16-19-5-2-6-22(12)16)20-8-11-9-24-15(21-11)14-17-3-1-4-18-14/h1,3-4,9-10H,2,5-8H2,(H,20,23). The molecule has 0 saturated heterocycles. The molecule has 7 nitrogen and oxygen atoms in total. The summed E-state index contributed by atoms with van der Waals surface area (Å²) in [6, 6.07) is 1.77. The van der Waals surface area contributed by atoms with E-state index in [1.807, 2.05) is 10.8 Å². The van der Waals surface area contributed by atoms with Crippen molar-refractivity contribution in [2.45, 2.75) is 19.4 Å². The Kier molecular flexibility index (Phi) is 4.75. The molecule has 0 spiro atoms. The molecule has 4 rings (SSSR count). The first-order valence-corrected chi connectivity index (χ1v) is 9.72. The van der Waals surface area contributed by atoms with E-state index in [4.69, 9.17) is 0 Å². The van der Waals surface area contributed by atoms with Gasteiger partial charge in [-0.25, -0.2) is 15.0 Å². The van der Waals surface area contributed by atoms with E-state index in [1.165, 1.54) is 11.3 Å². The number of aliphatic imine (C=N–C) groups is 1. The lowest BCUT2D eigenvalue weighted by Gasteiger charge is -2.25. The molecule has 2 aromatic rings. The van der Waals surface area contributed by atoms with Crippen molar-refractivity contribution in [3.63, 3.8) is 0 Å². The third-order valence-corrected chi connectivity index (χ3v) is 5.62. The number of fused-ring (bicyclic) bond motifs is 1. The number of carbonyl (C=O) groups is 1. The van der Waals surface area contributed by atoms with Crippen LogP contribution < -0.4 is 5.32 Å². The Morgan fingerprint density at radius 3 is 3.08 bits per heavy atom. The van der Waals surface area contributed by atoms with Gasteiger partial charge in [-0.1, -0.05) is 11.8 Å². The van der Waals surface area contributed by atoms with Crippen molar-refractivity contribution >= 4 is 34.2 Å². The monoisotopic (exact) mass is 372 g/mol. The highest BCUT2D eigenvalue weighted by Gasteiger charge is 2.26. The fourth-order valence-electron chi connectivity index (χ4n) is 2.59. The maximum atomic E-state index is 12.2. The summed E-state index contributed by atoms with van der Waals surface area (Å²) in [4.78, 5) is 31.7. The Labute approximate surface area is 153 Å². The molecule has 0 atom stereocenters. The summed E-state index contributed by atoms with van der Waals surface area (Å²) in [6.45, 7) is 2.23. The highest BCUT2D eigenvalue weighted by atomic mass is 32.2. The van der Waals surface area contributed by atoms with Crippen LogP contribution in [-0.2, 0) is 11.3 Å². The third kappa shape index (κ3) is 3.72. The van der Waals surface area contributed by atoms with Crippen molar-refractivity contribution < 1.29 is 4.79 Å². The van der Waals surface area contributed by atoms with Crippen molar-refractivity contribution in [2.24, 2.45) is 4.99 Å². The molecule has 2 aliphatic rings. The minimum absolute atomic E-state index is 0.0100. The van der Waals surface area contributed by atoms with Crippen molar-refractivity contribution in [2.75, 3.05) is 13.1 Å². The maximum Gasteiger partial charge on any atom is 0.226 e. The second kappa shape index (κ2) is 7.32. The van der Waals surface area contributed by atoms with E-state index in [9.17, 15) is 4.79 Å². The lowest BCUT2D eigenvalue weighted by Crippen LogP contribution is -2.32. The van der Waals surface area contributed by atoms with E-state index < -0.39 is 0 Å². The van der Waals surface area contributed by atoms with Crippen molar-refractivity contribution in [1.82, 2.24) is 25.2 Å². The molecule has 4 heterocycles. The number of hydrogen-bond acceptors (Lipinski definition) is 8. The smallest absolute Gasteiger partial charge is 0.226 e. The molecule has 0 aromatic carbocycles. The van der Waals surface area contributed by atoms with E-state index in [1.54, 1.807) is 30.2 Å². The Hall–Kier alpha value is -2.26. The first kappa shape index (κ1) is 16.2. The number of nitrogens with one attached hydrogen (secondary N) is 1. The molecule has 128 valence electrons. The highest BCUT2D eigenvalue weighted by Crippen LogP contribution is 2.30. The van der Waals surface area contributed by atoms with Gasteiger partial charge in [0.25, 0.3) is 0 Å². The minimum Gasteiger partial charge on any atom is -0.350 e. The zero-order chi connectivity index (χ0) is 17.1. The minimum atomic E-state index is -0.0100. The lowest BCUT2D eigenvalue weighted by molar-refractivity contribution is -0.120. The summed E-state index contributed by atoms with van der Waals surface area (Å²) in [5, 5.41) is 8.65. The lowest BCUT2D eigenvalue weighted by atomic mass is 10.2. The van der Waals surface area contributed by atoms with Crippen LogP contribution in [0.3, 0.4) is 0 Å². The molecule has 2 aromatic heterocycles. The van der Waals surface area contributed by atoms with Gasteiger partial charge in [-0.2, -0.15) is 0 Å². The number of aromatic nitrogens is 3.